The van der Waals surface area contributed by atoms with Gasteiger partial charge in [-0.3, -0.25) is 9.80 Å². The molecular weight excluding hydrogens is 364 g/mol. The Bertz CT molecular complexity index is 709. The summed E-state index contributed by atoms with van der Waals surface area (Å²) in [6.07, 6.45) is 14.4. The van der Waals surface area contributed by atoms with Gasteiger partial charge in [0.25, 0.3) is 0 Å². The molecule has 1 heterocycles. The van der Waals surface area contributed by atoms with Crippen LogP contribution < -0.4 is 0 Å². The van der Waals surface area contributed by atoms with Crippen molar-refractivity contribution in [1.29, 1.82) is 0 Å². The summed E-state index contributed by atoms with van der Waals surface area (Å²) in [6.45, 7) is 2.52. The second kappa shape index (κ2) is 9.24. The lowest BCUT2D eigenvalue weighted by molar-refractivity contribution is 0.0382. The van der Waals surface area contributed by atoms with E-state index in [-0.39, 0.29) is 0 Å². The van der Waals surface area contributed by atoms with E-state index in [0.29, 0.717) is 18.2 Å². The quantitative estimate of drug-likeness (QED) is 0.538. The van der Waals surface area contributed by atoms with E-state index in [0.717, 1.165) is 12.1 Å². The van der Waals surface area contributed by atoms with Gasteiger partial charge in [-0.25, -0.2) is 0 Å². The first-order chi connectivity index (χ1) is 14.8. The van der Waals surface area contributed by atoms with Gasteiger partial charge in [0.05, 0.1) is 18.2 Å². The van der Waals surface area contributed by atoms with Crippen LogP contribution in [-0.4, -0.2) is 28.0 Å². The van der Waals surface area contributed by atoms with Crippen LogP contribution in [0.4, 0.5) is 0 Å². The fourth-order valence-corrected chi connectivity index (χ4v) is 6.78. The molecule has 0 amide bonds. The van der Waals surface area contributed by atoms with Crippen LogP contribution in [0.15, 0.2) is 60.7 Å². The molecule has 3 aliphatic rings. The molecule has 2 atom stereocenters. The average molecular weight is 403 g/mol. The number of hydrogen-bond acceptors (Lipinski definition) is 2. The first kappa shape index (κ1) is 20.3. The van der Waals surface area contributed by atoms with Gasteiger partial charge in [0.2, 0.25) is 0 Å². The summed E-state index contributed by atoms with van der Waals surface area (Å²) in [5.41, 5.74) is 3.00. The Balaban J connectivity index is 1.60. The minimum atomic E-state index is 0.452. The van der Waals surface area contributed by atoms with E-state index in [1.54, 1.807) is 0 Å². The van der Waals surface area contributed by atoms with Crippen molar-refractivity contribution in [2.24, 2.45) is 0 Å². The second-order valence-corrected chi connectivity index (χ2v) is 9.82. The molecular formula is C28H38N2. The molecule has 2 aromatic rings. The van der Waals surface area contributed by atoms with Crippen LogP contribution >= 0.6 is 0 Å². The molecule has 1 saturated heterocycles. The lowest BCUT2D eigenvalue weighted by atomic mass is 9.87. The second-order valence-electron chi connectivity index (χ2n) is 9.82. The number of rotatable bonds is 4. The normalized spacial score (nSPS) is 30.0. The minimum Gasteiger partial charge on any atom is -0.276 e. The molecule has 2 aromatic carbocycles. The zero-order valence-electron chi connectivity index (χ0n) is 18.6. The summed E-state index contributed by atoms with van der Waals surface area (Å²) in [4.78, 5) is 5.89. The van der Waals surface area contributed by atoms with Crippen molar-refractivity contribution in [1.82, 2.24) is 9.80 Å². The third-order valence-corrected chi connectivity index (χ3v) is 8.08. The third-order valence-electron chi connectivity index (χ3n) is 8.08. The van der Waals surface area contributed by atoms with Gasteiger partial charge in [-0.15, -0.1) is 0 Å². The highest BCUT2D eigenvalue weighted by Gasteiger charge is 2.50. The maximum absolute atomic E-state index is 2.95. The van der Waals surface area contributed by atoms with Gasteiger partial charge in [0.15, 0.2) is 0 Å². The molecule has 1 aliphatic heterocycles. The van der Waals surface area contributed by atoms with Gasteiger partial charge in [-0.1, -0.05) is 99.2 Å². The SMILES string of the molecule is CC1N(C2CCCCC2)C(c2ccccc2)C(c2ccccc2)N1C1CCCCC1. The predicted octanol–water partition coefficient (Wildman–Crippen LogP) is 7.10. The molecule has 2 heteroatoms. The van der Waals surface area contributed by atoms with Crippen LogP contribution in [0.25, 0.3) is 0 Å². The average Bonchev–Trinajstić information content (AvgIpc) is 3.14. The van der Waals surface area contributed by atoms with Crippen molar-refractivity contribution in [2.45, 2.75) is 101 Å². The first-order valence-electron chi connectivity index (χ1n) is 12.5. The van der Waals surface area contributed by atoms with E-state index in [4.69, 9.17) is 0 Å². The van der Waals surface area contributed by atoms with E-state index >= 15 is 0 Å². The minimum absolute atomic E-state index is 0.452. The van der Waals surface area contributed by atoms with E-state index in [9.17, 15) is 0 Å². The Morgan fingerprint density at radius 3 is 1.27 bits per heavy atom. The van der Waals surface area contributed by atoms with Crippen LogP contribution in [0.1, 0.15) is 94.3 Å². The van der Waals surface area contributed by atoms with Gasteiger partial charge < -0.3 is 0 Å². The smallest absolute Gasteiger partial charge is 0.0611 e. The number of benzene rings is 2. The van der Waals surface area contributed by atoms with Gasteiger partial charge in [-0.2, -0.15) is 0 Å². The zero-order chi connectivity index (χ0) is 20.3. The maximum atomic E-state index is 2.95. The van der Waals surface area contributed by atoms with Crippen LogP contribution in [-0.2, 0) is 0 Å². The van der Waals surface area contributed by atoms with Crippen molar-refractivity contribution >= 4 is 0 Å². The Morgan fingerprint density at radius 2 is 0.900 bits per heavy atom. The van der Waals surface area contributed by atoms with Crippen molar-refractivity contribution < 1.29 is 0 Å². The van der Waals surface area contributed by atoms with Crippen molar-refractivity contribution in [3.05, 3.63) is 71.8 Å². The van der Waals surface area contributed by atoms with Crippen molar-refractivity contribution in [3.63, 3.8) is 0 Å². The predicted molar refractivity (Wildman–Crippen MR) is 125 cm³/mol. The molecule has 0 radical (unpaired) electrons. The number of nitrogens with zero attached hydrogens (tertiary/aromatic N) is 2. The lowest BCUT2D eigenvalue weighted by Crippen LogP contribution is -2.47. The first-order valence-corrected chi connectivity index (χ1v) is 12.5. The summed E-state index contributed by atoms with van der Waals surface area (Å²) >= 11 is 0. The topological polar surface area (TPSA) is 6.48 Å². The zero-order valence-corrected chi connectivity index (χ0v) is 18.6. The Kier molecular flexibility index (Phi) is 6.24. The van der Waals surface area contributed by atoms with Crippen LogP contribution in [0.3, 0.4) is 0 Å². The van der Waals surface area contributed by atoms with E-state index < -0.39 is 0 Å². The molecule has 5 rings (SSSR count). The van der Waals surface area contributed by atoms with Crippen molar-refractivity contribution in [3.8, 4) is 0 Å². The van der Waals surface area contributed by atoms with Crippen LogP contribution in [0.2, 0.25) is 0 Å². The molecule has 3 fully saturated rings. The highest BCUT2D eigenvalue weighted by molar-refractivity contribution is 5.31. The van der Waals surface area contributed by atoms with Gasteiger partial charge in [0, 0.05) is 12.1 Å². The fourth-order valence-electron chi connectivity index (χ4n) is 6.78. The number of hydrogen-bond donors (Lipinski definition) is 0. The third kappa shape index (κ3) is 3.85. The van der Waals surface area contributed by atoms with Crippen LogP contribution in [0.5, 0.6) is 0 Å². The molecule has 0 aromatic heterocycles. The van der Waals surface area contributed by atoms with Gasteiger partial charge in [0.1, 0.15) is 0 Å². The Morgan fingerprint density at radius 1 is 0.533 bits per heavy atom. The summed E-state index contributed by atoms with van der Waals surface area (Å²) < 4.78 is 0. The highest BCUT2D eigenvalue weighted by atomic mass is 15.5. The van der Waals surface area contributed by atoms with Gasteiger partial charge in [-0.05, 0) is 43.7 Å². The summed E-state index contributed by atoms with van der Waals surface area (Å²) in [7, 11) is 0. The van der Waals surface area contributed by atoms with Gasteiger partial charge >= 0.3 is 0 Å². The fraction of sp³-hybridized carbons (Fsp3) is 0.571. The van der Waals surface area contributed by atoms with E-state index in [1.165, 1.54) is 75.3 Å². The Labute approximate surface area is 183 Å². The van der Waals surface area contributed by atoms with Crippen LogP contribution in [0, 0.1) is 0 Å². The molecule has 2 unspecified atom stereocenters. The summed E-state index contributed by atoms with van der Waals surface area (Å²) in [5.74, 6) is 0. The molecule has 30 heavy (non-hydrogen) atoms. The maximum Gasteiger partial charge on any atom is 0.0611 e. The molecule has 2 nitrogen and oxygen atoms in total. The molecule has 0 bridgehead atoms. The molecule has 0 spiro atoms. The molecule has 0 N–H and O–H groups in total. The molecule has 160 valence electrons. The molecule has 2 saturated carbocycles. The largest absolute Gasteiger partial charge is 0.276 e. The lowest BCUT2D eigenvalue weighted by Gasteiger charge is -2.40. The standard InChI is InChI=1S/C28H38N2/c1-22-29(25-18-10-4-11-19-25)27(23-14-6-2-7-15-23)28(24-16-8-3-9-17-24)30(22)26-20-12-5-13-21-26/h2-3,6-9,14-17,22,25-28H,4-5,10-13,18-21H2,1H3. The highest BCUT2D eigenvalue weighted by Crippen LogP contribution is 2.51. The van der Waals surface area contributed by atoms with E-state index in [1.807, 2.05) is 0 Å². The Hall–Kier alpha value is -1.64. The summed E-state index contributed by atoms with van der Waals surface area (Å²) in [5, 5.41) is 0. The summed E-state index contributed by atoms with van der Waals surface area (Å²) in [6, 6.07) is 25.2. The van der Waals surface area contributed by atoms with Crippen molar-refractivity contribution in [2.75, 3.05) is 0 Å². The van der Waals surface area contributed by atoms with E-state index in [2.05, 4.69) is 77.4 Å². The molecule has 2 aliphatic carbocycles. The monoisotopic (exact) mass is 402 g/mol.